The van der Waals surface area contributed by atoms with E-state index in [4.69, 9.17) is 0 Å². The molecular formula is C12H15N5O2. The SMILES string of the molecule is Cc1nn(C)c(N2CCn3ccnc3C2)c1C(=O)O. The summed E-state index contributed by atoms with van der Waals surface area (Å²) in [5, 5.41) is 13.6. The van der Waals surface area contributed by atoms with Gasteiger partial charge in [0.05, 0.1) is 12.2 Å². The quantitative estimate of drug-likeness (QED) is 0.858. The summed E-state index contributed by atoms with van der Waals surface area (Å²) in [6, 6.07) is 0. The zero-order valence-electron chi connectivity index (χ0n) is 10.9. The van der Waals surface area contributed by atoms with E-state index in [2.05, 4.69) is 14.6 Å². The highest BCUT2D eigenvalue weighted by molar-refractivity contribution is 5.94. The second kappa shape index (κ2) is 4.11. The average Bonchev–Trinajstić information content (AvgIpc) is 2.91. The Morgan fingerprint density at radius 1 is 1.42 bits per heavy atom. The maximum Gasteiger partial charge on any atom is 0.341 e. The molecule has 0 amide bonds. The molecule has 1 aliphatic heterocycles. The van der Waals surface area contributed by atoms with Crippen LogP contribution in [0.5, 0.6) is 0 Å². The number of fused-ring (bicyclic) bond motifs is 1. The number of hydrogen-bond donors (Lipinski definition) is 1. The number of aromatic carboxylic acids is 1. The van der Waals surface area contributed by atoms with Gasteiger partial charge in [-0.1, -0.05) is 0 Å². The molecular weight excluding hydrogens is 246 g/mol. The summed E-state index contributed by atoms with van der Waals surface area (Å²) in [6.45, 7) is 3.88. The van der Waals surface area contributed by atoms with Crippen LogP contribution in [-0.4, -0.2) is 37.0 Å². The molecule has 0 saturated heterocycles. The molecule has 0 aliphatic carbocycles. The van der Waals surface area contributed by atoms with Gasteiger partial charge in [0.25, 0.3) is 0 Å². The third-order valence-electron chi connectivity index (χ3n) is 3.45. The Hall–Kier alpha value is -2.31. The summed E-state index contributed by atoms with van der Waals surface area (Å²) in [6.07, 6.45) is 3.71. The van der Waals surface area contributed by atoms with Crippen molar-refractivity contribution in [1.82, 2.24) is 19.3 Å². The number of aryl methyl sites for hydroxylation is 2. The van der Waals surface area contributed by atoms with Gasteiger partial charge < -0.3 is 14.6 Å². The Morgan fingerprint density at radius 2 is 2.21 bits per heavy atom. The highest BCUT2D eigenvalue weighted by Gasteiger charge is 2.27. The molecule has 0 spiro atoms. The Morgan fingerprint density at radius 3 is 2.95 bits per heavy atom. The van der Waals surface area contributed by atoms with E-state index >= 15 is 0 Å². The van der Waals surface area contributed by atoms with Crippen molar-refractivity contribution in [1.29, 1.82) is 0 Å². The van der Waals surface area contributed by atoms with Crippen LogP contribution in [0, 0.1) is 6.92 Å². The van der Waals surface area contributed by atoms with Crippen molar-refractivity contribution in [3.05, 3.63) is 29.5 Å². The summed E-state index contributed by atoms with van der Waals surface area (Å²) in [7, 11) is 1.77. The number of carbonyl (C=O) groups is 1. The molecule has 0 atom stereocenters. The number of aromatic nitrogens is 4. The van der Waals surface area contributed by atoms with E-state index in [1.807, 2.05) is 11.1 Å². The first-order valence-electron chi connectivity index (χ1n) is 6.09. The smallest absolute Gasteiger partial charge is 0.341 e. The maximum atomic E-state index is 11.4. The topological polar surface area (TPSA) is 76.2 Å². The van der Waals surface area contributed by atoms with E-state index in [9.17, 15) is 9.90 Å². The Bertz CT molecular complexity index is 643. The molecule has 0 unspecified atom stereocenters. The van der Waals surface area contributed by atoms with Crippen LogP contribution in [0.3, 0.4) is 0 Å². The van der Waals surface area contributed by atoms with E-state index in [0.717, 1.165) is 18.9 Å². The lowest BCUT2D eigenvalue weighted by atomic mass is 10.2. The van der Waals surface area contributed by atoms with Gasteiger partial charge in [0.2, 0.25) is 0 Å². The summed E-state index contributed by atoms with van der Waals surface area (Å²) in [5.74, 6) is 0.662. The maximum absolute atomic E-state index is 11.4. The van der Waals surface area contributed by atoms with Gasteiger partial charge in [-0.25, -0.2) is 9.78 Å². The monoisotopic (exact) mass is 261 g/mol. The lowest BCUT2D eigenvalue weighted by Gasteiger charge is -2.29. The number of hydrogen-bond acceptors (Lipinski definition) is 4. The van der Waals surface area contributed by atoms with Crippen LogP contribution in [0.2, 0.25) is 0 Å². The first kappa shape index (κ1) is 11.8. The first-order chi connectivity index (χ1) is 9.08. The normalized spacial score (nSPS) is 14.5. The van der Waals surface area contributed by atoms with Crippen molar-refractivity contribution < 1.29 is 9.90 Å². The van der Waals surface area contributed by atoms with Gasteiger partial charge in [-0.15, -0.1) is 0 Å². The minimum absolute atomic E-state index is 0.280. The number of nitrogens with zero attached hydrogens (tertiary/aromatic N) is 5. The zero-order valence-corrected chi connectivity index (χ0v) is 10.9. The van der Waals surface area contributed by atoms with Crippen LogP contribution in [0.15, 0.2) is 12.4 Å². The van der Waals surface area contributed by atoms with Crippen LogP contribution in [0.1, 0.15) is 21.9 Å². The van der Waals surface area contributed by atoms with Crippen molar-refractivity contribution in [3.8, 4) is 0 Å². The highest BCUT2D eigenvalue weighted by atomic mass is 16.4. The minimum atomic E-state index is -0.936. The molecule has 2 aromatic rings. The fraction of sp³-hybridized carbons (Fsp3) is 0.417. The molecule has 0 fully saturated rings. The molecule has 0 bridgehead atoms. The molecule has 3 rings (SSSR count). The Labute approximate surface area is 110 Å². The second-order valence-corrected chi connectivity index (χ2v) is 4.67. The van der Waals surface area contributed by atoms with Crippen LogP contribution < -0.4 is 4.90 Å². The largest absolute Gasteiger partial charge is 0.477 e. The fourth-order valence-electron chi connectivity index (χ4n) is 2.61. The number of anilines is 1. The van der Waals surface area contributed by atoms with Crippen molar-refractivity contribution in [3.63, 3.8) is 0 Å². The third kappa shape index (κ3) is 1.78. The predicted octanol–water partition coefficient (Wildman–Crippen LogP) is 0.643. The number of rotatable bonds is 2. The van der Waals surface area contributed by atoms with Gasteiger partial charge in [-0.2, -0.15) is 5.10 Å². The van der Waals surface area contributed by atoms with E-state index < -0.39 is 5.97 Å². The molecule has 7 nitrogen and oxygen atoms in total. The molecule has 2 aromatic heterocycles. The molecule has 19 heavy (non-hydrogen) atoms. The third-order valence-corrected chi connectivity index (χ3v) is 3.45. The van der Waals surface area contributed by atoms with Crippen molar-refractivity contribution in [2.75, 3.05) is 11.4 Å². The van der Waals surface area contributed by atoms with Crippen LogP contribution in [0.25, 0.3) is 0 Å². The first-order valence-corrected chi connectivity index (χ1v) is 6.09. The molecule has 100 valence electrons. The fourth-order valence-corrected chi connectivity index (χ4v) is 2.61. The summed E-state index contributed by atoms with van der Waals surface area (Å²) in [4.78, 5) is 17.7. The second-order valence-electron chi connectivity index (χ2n) is 4.67. The molecule has 7 heteroatoms. The summed E-state index contributed by atoms with van der Waals surface area (Å²) < 4.78 is 3.72. The van der Waals surface area contributed by atoms with Gasteiger partial charge in [0, 0.05) is 32.5 Å². The number of carboxylic acid groups (broad SMARTS) is 1. The van der Waals surface area contributed by atoms with E-state index in [1.165, 1.54) is 0 Å². The predicted molar refractivity (Wildman–Crippen MR) is 68.2 cm³/mol. The van der Waals surface area contributed by atoms with Crippen LogP contribution in [-0.2, 0) is 20.1 Å². The van der Waals surface area contributed by atoms with E-state index in [1.54, 1.807) is 24.9 Å². The van der Waals surface area contributed by atoms with Crippen molar-refractivity contribution in [2.45, 2.75) is 20.0 Å². The van der Waals surface area contributed by atoms with Gasteiger partial charge in [0.1, 0.15) is 17.2 Å². The highest BCUT2D eigenvalue weighted by Crippen LogP contribution is 2.26. The summed E-state index contributed by atoms with van der Waals surface area (Å²) in [5.41, 5.74) is 0.821. The minimum Gasteiger partial charge on any atom is -0.477 e. The molecule has 0 aromatic carbocycles. The van der Waals surface area contributed by atoms with Crippen LogP contribution in [0.4, 0.5) is 5.82 Å². The van der Waals surface area contributed by atoms with Gasteiger partial charge in [-0.3, -0.25) is 4.68 Å². The van der Waals surface area contributed by atoms with E-state index in [0.29, 0.717) is 18.1 Å². The van der Waals surface area contributed by atoms with E-state index in [-0.39, 0.29) is 5.56 Å². The van der Waals surface area contributed by atoms with Crippen molar-refractivity contribution >= 4 is 11.8 Å². The number of carboxylic acids is 1. The Kier molecular flexibility index (Phi) is 2.55. The van der Waals surface area contributed by atoms with Crippen LogP contribution >= 0.6 is 0 Å². The number of imidazole rings is 1. The van der Waals surface area contributed by atoms with Gasteiger partial charge in [-0.05, 0) is 6.92 Å². The standard InChI is InChI=1S/C12H15N5O2/c1-8-10(12(18)19)11(15(2)14-8)17-6-5-16-4-3-13-9(16)7-17/h3-4H,5-7H2,1-2H3,(H,18,19). The summed E-state index contributed by atoms with van der Waals surface area (Å²) >= 11 is 0. The molecule has 0 saturated carbocycles. The molecule has 3 heterocycles. The Balaban J connectivity index is 2.02. The van der Waals surface area contributed by atoms with Crippen molar-refractivity contribution in [2.24, 2.45) is 7.05 Å². The lowest BCUT2D eigenvalue weighted by molar-refractivity contribution is 0.0696. The zero-order chi connectivity index (χ0) is 13.6. The molecule has 0 radical (unpaired) electrons. The van der Waals surface area contributed by atoms with Gasteiger partial charge in [0.15, 0.2) is 0 Å². The molecule has 1 aliphatic rings. The average molecular weight is 261 g/mol. The van der Waals surface area contributed by atoms with Gasteiger partial charge >= 0.3 is 5.97 Å². The molecule has 1 N–H and O–H groups in total. The lowest BCUT2D eigenvalue weighted by Crippen LogP contribution is -2.35.